The molecule has 0 saturated carbocycles. The monoisotopic (exact) mass is 275 g/mol. The van der Waals surface area contributed by atoms with E-state index in [2.05, 4.69) is 0 Å². The number of hydrogen-bond acceptors (Lipinski definition) is 3. The Morgan fingerprint density at radius 3 is 2.18 bits per heavy atom. The van der Waals surface area contributed by atoms with E-state index in [-0.39, 0.29) is 27.1 Å². The molecule has 17 heavy (non-hydrogen) atoms. The van der Waals surface area contributed by atoms with Gasteiger partial charge in [0.1, 0.15) is 5.02 Å². The molecule has 1 aromatic carbocycles. The van der Waals surface area contributed by atoms with Crippen molar-refractivity contribution in [3.63, 3.8) is 0 Å². The second-order valence-electron chi connectivity index (χ2n) is 4.62. The van der Waals surface area contributed by atoms with Gasteiger partial charge in [-0.1, -0.05) is 44.0 Å². The minimum Gasteiger partial charge on any atom is -0.294 e. The normalized spacial score (nSPS) is 11.4. The smallest absolute Gasteiger partial charge is 0.288 e. The molecule has 1 aromatic rings. The maximum Gasteiger partial charge on any atom is 0.288 e. The van der Waals surface area contributed by atoms with Crippen LogP contribution < -0.4 is 0 Å². The second kappa shape index (κ2) is 4.63. The van der Waals surface area contributed by atoms with Crippen molar-refractivity contribution in [2.24, 2.45) is 5.41 Å². The molecule has 0 aromatic heterocycles. The van der Waals surface area contributed by atoms with Crippen LogP contribution in [0.2, 0.25) is 10.0 Å². The molecule has 0 N–H and O–H groups in total. The molecule has 6 heteroatoms. The molecule has 0 aliphatic heterocycles. The summed E-state index contributed by atoms with van der Waals surface area (Å²) in [7, 11) is 0. The van der Waals surface area contributed by atoms with Crippen LogP contribution >= 0.6 is 23.2 Å². The minimum absolute atomic E-state index is 0.0783. The second-order valence-corrected chi connectivity index (χ2v) is 5.43. The van der Waals surface area contributed by atoms with Gasteiger partial charge in [-0.05, 0) is 6.07 Å². The predicted molar refractivity (Wildman–Crippen MR) is 66.9 cm³/mol. The number of Topliss-reactive ketones (excluding diaryl/α,β-unsaturated/α-hetero) is 1. The Bertz CT molecular complexity index is 492. The number of ketones is 1. The van der Waals surface area contributed by atoms with Crippen LogP contribution in [-0.2, 0) is 0 Å². The van der Waals surface area contributed by atoms with Gasteiger partial charge in [-0.15, -0.1) is 0 Å². The van der Waals surface area contributed by atoms with Crippen molar-refractivity contribution in [3.05, 3.63) is 37.9 Å². The van der Waals surface area contributed by atoms with E-state index in [1.807, 2.05) is 0 Å². The molecule has 1 rings (SSSR count). The van der Waals surface area contributed by atoms with Crippen LogP contribution in [0.4, 0.5) is 5.69 Å². The van der Waals surface area contributed by atoms with Crippen LogP contribution in [0.5, 0.6) is 0 Å². The standard InChI is InChI=1S/C11H11Cl2NO3/c1-11(2,3)10(15)6-4-9(14(16)17)8(13)5-7(6)12/h4-5H,1-3H3. The van der Waals surface area contributed by atoms with E-state index in [1.54, 1.807) is 20.8 Å². The first-order valence-corrected chi connectivity index (χ1v) is 5.58. The molecular weight excluding hydrogens is 265 g/mol. The number of benzene rings is 1. The maximum atomic E-state index is 12.0. The molecule has 0 amide bonds. The first-order valence-electron chi connectivity index (χ1n) is 4.83. The molecule has 0 unspecified atom stereocenters. The van der Waals surface area contributed by atoms with E-state index in [0.29, 0.717) is 0 Å². The first-order chi connectivity index (χ1) is 7.64. The molecule has 0 saturated heterocycles. The predicted octanol–water partition coefficient (Wildman–Crippen LogP) is 4.13. The molecule has 0 aliphatic rings. The highest BCUT2D eigenvalue weighted by Crippen LogP contribution is 2.34. The number of halogens is 2. The van der Waals surface area contributed by atoms with Gasteiger partial charge in [0, 0.05) is 17.0 Å². The lowest BCUT2D eigenvalue weighted by Crippen LogP contribution is -2.20. The van der Waals surface area contributed by atoms with Crippen molar-refractivity contribution in [2.75, 3.05) is 0 Å². The van der Waals surface area contributed by atoms with Crippen molar-refractivity contribution in [3.8, 4) is 0 Å². The van der Waals surface area contributed by atoms with Gasteiger partial charge in [-0.2, -0.15) is 0 Å². The Hall–Kier alpha value is -1.13. The molecule has 0 spiro atoms. The highest BCUT2D eigenvalue weighted by atomic mass is 35.5. The summed E-state index contributed by atoms with van der Waals surface area (Å²) in [6.07, 6.45) is 0. The molecule has 0 bridgehead atoms. The molecule has 0 heterocycles. The summed E-state index contributed by atoms with van der Waals surface area (Å²) in [5, 5.41) is 10.8. The van der Waals surface area contributed by atoms with Gasteiger partial charge in [0.2, 0.25) is 0 Å². The average Bonchev–Trinajstić information content (AvgIpc) is 2.14. The fourth-order valence-corrected chi connectivity index (χ4v) is 1.79. The van der Waals surface area contributed by atoms with E-state index < -0.39 is 10.3 Å². The van der Waals surface area contributed by atoms with Crippen LogP contribution in [0, 0.1) is 15.5 Å². The summed E-state index contributed by atoms with van der Waals surface area (Å²) in [5.74, 6) is -0.262. The number of carbonyl (C=O) groups is 1. The van der Waals surface area contributed by atoms with Crippen LogP contribution in [0.15, 0.2) is 12.1 Å². The topological polar surface area (TPSA) is 60.2 Å². The van der Waals surface area contributed by atoms with E-state index in [1.165, 1.54) is 6.07 Å². The third-order valence-electron chi connectivity index (χ3n) is 2.16. The summed E-state index contributed by atoms with van der Waals surface area (Å²) in [6, 6.07) is 2.35. The highest BCUT2D eigenvalue weighted by Gasteiger charge is 2.27. The van der Waals surface area contributed by atoms with Crippen molar-refractivity contribution < 1.29 is 9.72 Å². The van der Waals surface area contributed by atoms with Crippen molar-refractivity contribution in [1.29, 1.82) is 0 Å². The Kier molecular flexibility index (Phi) is 3.79. The maximum absolute atomic E-state index is 12.0. The number of rotatable bonds is 2. The third kappa shape index (κ3) is 2.96. The largest absolute Gasteiger partial charge is 0.294 e. The quantitative estimate of drug-likeness (QED) is 0.463. The van der Waals surface area contributed by atoms with E-state index in [9.17, 15) is 14.9 Å². The third-order valence-corrected chi connectivity index (χ3v) is 2.77. The molecule has 0 radical (unpaired) electrons. The summed E-state index contributed by atoms with van der Waals surface area (Å²) >= 11 is 11.6. The van der Waals surface area contributed by atoms with Crippen molar-refractivity contribution in [1.82, 2.24) is 0 Å². The number of hydrogen-bond donors (Lipinski definition) is 0. The molecule has 0 fully saturated rings. The number of carbonyl (C=O) groups excluding carboxylic acids is 1. The lowest BCUT2D eigenvalue weighted by Gasteiger charge is -2.17. The van der Waals surface area contributed by atoms with Crippen LogP contribution in [-0.4, -0.2) is 10.7 Å². The first kappa shape index (κ1) is 13.9. The fourth-order valence-electron chi connectivity index (χ4n) is 1.26. The van der Waals surface area contributed by atoms with Crippen molar-refractivity contribution in [2.45, 2.75) is 20.8 Å². The summed E-state index contributed by atoms with van der Waals surface area (Å²) in [5.41, 5.74) is -0.857. The van der Waals surface area contributed by atoms with Crippen LogP contribution in [0.1, 0.15) is 31.1 Å². The Morgan fingerprint density at radius 1 is 1.24 bits per heavy atom. The number of nitrogens with zero attached hydrogens (tertiary/aromatic N) is 1. The molecule has 0 aliphatic carbocycles. The lowest BCUT2D eigenvalue weighted by atomic mass is 9.86. The van der Waals surface area contributed by atoms with Gasteiger partial charge in [-0.3, -0.25) is 14.9 Å². The lowest BCUT2D eigenvalue weighted by molar-refractivity contribution is -0.384. The molecule has 0 atom stereocenters. The SMILES string of the molecule is CC(C)(C)C(=O)c1cc([N+](=O)[O-])c(Cl)cc1Cl. The van der Waals surface area contributed by atoms with Crippen LogP contribution in [0.25, 0.3) is 0 Å². The van der Waals surface area contributed by atoms with Crippen LogP contribution in [0.3, 0.4) is 0 Å². The van der Waals surface area contributed by atoms with E-state index >= 15 is 0 Å². The average molecular weight is 276 g/mol. The van der Waals surface area contributed by atoms with Gasteiger partial charge < -0.3 is 0 Å². The zero-order chi connectivity index (χ0) is 13.4. The van der Waals surface area contributed by atoms with Gasteiger partial charge in [0.15, 0.2) is 5.78 Å². The molecule has 92 valence electrons. The number of nitro groups is 1. The molecular formula is C11H11Cl2NO3. The highest BCUT2D eigenvalue weighted by molar-refractivity contribution is 6.38. The Morgan fingerprint density at radius 2 is 1.76 bits per heavy atom. The zero-order valence-corrected chi connectivity index (χ0v) is 11.1. The Labute approximate surface area is 109 Å². The van der Waals surface area contributed by atoms with Gasteiger partial charge in [0.25, 0.3) is 5.69 Å². The van der Waals surface area contributed by atoms with E-state index in [0.717, 1.165) is 6.07 Å². The van der Waals surface area contributed by atoms with Gasteiger partial charge in [0.05, 0.1) is 9.95 Å². The Balaban J connectivity index is 3.40. The zero-order valence-electron chi connectivity index (χ0n) is 9.58. The molecule has 4 nitrogen and oxygen atoms in total. The van der Waals surface area contributed by atoms with E-state index in [4.69, 9.17) is 23.2 Å². The fraction of sp³-hybridized carbons (Fsp3) is 0.364. The number of nitro benzene ring substituents is 1. The minimum atomic E-state index is -0.661. The summed E-state index contributed by atoms with van der Waals surface area (Å²) in [4.78, 5) is 22.1. The van der Waals surface area contributed by atoms with Gasteiger partial charge >= 0.3 is 0 Å². The van der Waals surface area contributed by atoms with Crippen molar-refractivity contribution >= 4 is 34.7 Å². The summed E-state index contributed by atoms with van der Waals surface area (Å²) < 4.78 is 0. The van der Waals surface area contributed by atoms with Gasteiger partial charge in [-0.25, -0.2) is 0 Å². The summed E-state index contributed by atoms with van der Waals surface area (Å²) in [6.45, 7) is 5.14.